The Hall–Kier alpha value is -2.15. The van der Waals surface area contributed by atoms with Crippen molar-refractivity contribution in [2.24, 2.45) is 0 Å². The Balaban J connectivity index is 1.64. The molecule has 0 saturated heterocycles. The Morgan fingerprint density at radius 2 is 1.79 bits per heavy atom. The number of carbonyl (C=O) groups is 1. The Morgan fingerprint density at radius 1 is 1.14 bits per heavy atom. The van der Waals surface area contributed by atoms with Crippen LogP contribution in [0.3, 0.4) is 0 Å². The lowest BCUT2D eigenvalue weighted by molar-refractivity contribution is -0.113. The van der Waals surface area contributed by atoms with Crippen molar-refractivity contribution in [1.29, 1.82) is 0 Å². The lowest BCUT2D eigenvalue weighted by Gasteiger charge is -2.19. The third-order valence-corrected chi connectivity index (χ3v) is 7.43. The number of amides is 1. The molecule has 1 fully saturated rings. The molecule has 3 rings (SSSR count). The van der Waals surface area contributed by atoms with Gasteiger partial charge in [-0.05, 0) is 29.4 Å². The number of hydrogen-bond donors (Lipinski definition) is 1. The Bertz CT molecular complexity index is 919. The summed E-state index contributed by atoms with van der Waals surface area (Å²) in [7, 11) is -3.39. The molecule has 0 aliphatic heterocycles. The largest absolute Gasteiger partial charge is 0.310 e. The van der Waals surface area contributed by atoms with Crippen molar-refractivity contribution in [1.82, 2.24) is 9.78 Å². The van der Waals surface area contributed by atoms with Gasteiger partial charge in [0.1, 0.15) is 11.6 Å². The van der Waals surface area contributed by atoms with Crippen LogP contribution >= 0.6 is 0 Å². The molecule has 0 unspecified atom stereocenters. The average molecular weight is 404 g/mol. The molecule has 0 radical (unpaired) electrons. The van der Waals surface area contributed by atoms with E-state index in [9.17, 15) is 13.2 Å². The summed E-state index contributed by atoms with van der Waals surface area (Å²) in [5, 5.41) is 6.60. The number of hydrogen-bond acceptors (Lipinski definition) is 4. The van der Waals surface area contributed by atoms with Gasteiger partial charge in [0.2, 0.25) is 5.91 Å². The van der Waals surface area contributed by atoms with Crippen LogP contribution in [0.2, 0.25) is 0 Å². The van der Waals surface area contributed by atoms with E-state index in [4.69, 9.17) is 0 Å². The lowest BCUT2D eigenvalue weighted by Crippen LogP contribution is -2.30. The summed E-state index contributed by atoms with van der Waals surface area (Å²) < 4.78 is 26.4. The van der Waals surface area contributed by atoms with Crippen LogP contribution in [0.5, 0.6) is 0 Å². The highest BCUT2D eigenvalue weighted by atomic mass is 32.2. The van der Waals surface area contributed by atoms with Crippen LogP contribution in [0.4, 0.5) is 5.82 Å². The van der Waals surface area contributed by atoms with Gasteiger partial charge in [-0.25, -0.2) is 13.1 Å². The summed E-state index contributed by atoms with van der Waals surface area (Å²) in [6.45, 7) is 7.01. The quantitative estimate of drug-likeness (QED) is 0.800. The first-order valence-electron chi connectivity index (χ1n) is 9.78. The van der Waals surface area contributed by atoms with E-state index in [1.165, 1.54) is 5.56 Å². The van der Waals surface area contributed by atoms with E-state index in [0.717, 1.165) is 18.4 Å². The molecule has 2 aromatic rings. The van der Waals surface area contributed by atoms with Gasteiger partial charge in [0.05, 0.1) is 18.0 Å². The van der Waals surface area contributed by atoms with Crippen LogP contribution < -0.4 is 5.32 Å². The second-order valence-corrected chi connectivity index (χ2v) is 10.9. The molecule has 0 atom stereocenters. The fourth-order valence-corrected chi connectivity index (χ4v) is 5.30. The van der Waals surface area contributed by atoms with Gasteiger partial charge in [0.15, 0.2) is 9.84 Å². The minimum absolute atomic E-state index is 0.0914. The van der Waals surface area contributed by atoms with E-state index in [1.54, 1.807) is 16.9 Å². The Morgan fingerprint density at radius 3 is 2.39 bits per heavy atom. The third-order valence-electron chi connectivity index (χ3n) is 5.28. The van der Waals surface area contributed by atoms with Crippen molar-refractivity contribution in [3.8, 4) is 0 Å². The highest BCUT2D eigenvalue weighted by Crippen LogP contribution is 2.25. The maximum absolute atomic E-state index is 12.4. The SMILES string of the molecule is CC(C)(C)c1ccc(Cn2nccc2NC(=O)CS(=O)(=O)C2CCCC2)cc1. The highest BCUT2D eigenvalue weighted by Gasteiger charge is 2.30. The van der Waals surface area contributed by atoms with Crippen LogP contribution in [-0.4, -0.2) is 35.1 Å². The molecule has 28 heavy (non-hydrogen) atoms. The first-order valence-corrected chi connectivity index (χ1v) is 11.5. The molecule has 0 bridgehead atoms. The van der Waals surface area contributed by atoms with Gasteiger partial charge in [0, 0.05) is 6.07 Å². The molecule has 0 spiro atoms. The smallest absolute Gasteiger partial charge is 0.240 e. The predicted octanol–water partition coefficient (Wildman–Crippen LogP) is 3.52. The van der Waals surface area contributed by atoms with Crippen LogP contribution in [0.1, 0.15) is 57.6 Å². The zero-order chi connectivity index (χ0) is 20.4. The average Bonchev–Trinajstić information content (AvgIpc) is 3.27. The first kappa shape index (κ1) is 20.6. The fourth-order valence-electron chi connectivity index (χ4n) is 3.57. The third kappa shape index (κ3) is 5.01. The zero-order valence-corrected chi connectivity index (χ0v) is 17.6. The number of nitrogens with zero attached hydrogens (tertiary/aromatic N) is 2. The molecule has 1 saturated carbocycles. The number of nitrogens with one attached hydrogen (secondary N) is 1. The maximum Gasteiger partial charge on any atom is 0.240 e. The van der Waals surface area contributed by atoms with Crippen LogP contribution in [0, 0.1) is 0 Å². The van der Waals surface area contributed by atoms with Crippen molar-refractivity contribution in [2.45, 2.75) is 63.7 Å². The minimum atomic E-state index is -3.39. The number of rotatable bonds is 6. The van der Waals surface area contributed by atoms with Gasteiger partial charge in [-0.2, -0.15) is 5.10 Å². The van der Waals surface area contributed by atoms with Crippen molar-refractivity contribution >= 4 is 21.6 Å². The van der Waals surface area contributed by atoms with Crippen molar-refractivity contribution in [3.05, 3.63) is 47.7 Å². The van der Waals surface area contributed by atoms with Crippen LogP contribution in [0.25, 0.3) is 0 Å². The monoisotopic (exact) mass is 403 g/mol. The van der Waals surface area contributed by atoms with E-state index < -0.39 is 21.5 Å². The number of benzene rings is 1. The van der Waals surface area contributed by atoms with Gasteiger partial charge in [-0.15, -0.1) is 0 Å². The van der Waals surface area contributed by atoms with Crippen LogP contribution in [-0.2, 0) is 26.6 Å². The number of aromatic nitrogens is 2. The van der Waals surface area contributed by atoms with Gasteiger partial charge in [0.25, 0.3) is 0 Å². The lowest BCUT2D eigenvalue weighted by atomic mass is 9.87. The standard InChI is InChI=1S/C21H29N3O3S/c1-21(2,3)17-10-8-16(9-11-17)14-24-19(12-13-22-24)23-20(25)15-28(26,27)18-6-4-5-7-18/h8-13,18H,4-7,14-15H2,1-3H3,(H,23,25). The summed E-state index contributed by atoms with van der Waals surface area (Å²) in [5.41, 5.74) is 2.40. The molecule has 1 N–H and O–H groups in total. The molecule has 6 nitrogen and oxygen atoms in total. The van der Waals surface area contributed by atoms with Gasteiger partial charge >= 0.3 is 0 Å². The normalized spacial score (nSPS) is 15.7. The molecule has 1 heterocycles. The number of carbonyl (C=O) groups excluding carboxylic acids is 1. The summed E-state index contributed by atoms with van der Waals surface area (Å²) in [5.74, 6) is -0.466. The first-order chi connectivity index (χ1) is 13.1. The van der Waals surface area contributed by atoms with Gasteiger partial charge < -0.3 is 5.32 Å². The Labute approximate surface area is 167 Å². The van der Waals surface area contributed by atoms with E-state index in [1.807, 2.05) is 0 Å². The molecule has 1 amide bonds. The number of sulfone groups is 1. The van der Waals surface area contributed by atoms with E-state index in [-0.39, 0.29) is 10.7 Å². The Kier molecular flexibility index (Phi) is 5.93. The molecule has 1 aliphatic carbocycles. The highest BCUT2D eigenvalue weighted by molar-refractivity contribution is 7.92. The molecule has 1 aliphatic rings. The van der Waals surface area contributed by atoms with Crippen LogP contribution in [0.15, 0.2) is 36.5 Å². The van der Waals surface area contributed by atoms with Crippen molar-refractivity contribution in [2.75, 3.05) is 11.1 Å². The second kappa shape index (κ2) is 8.07. The molecule has 1 aromatic carbocycles. The minimum Gasteiger partial charge on any atom is -0.310 e. The molecular weight excluding hydrogens is 374 g/mol. The van der Waals surface area contributed by atoms with E-state index in [2.05, 4.69) is 55.5 Å². The van der Waals surface area contributed by atoms with Crippen molar-refractivity contribution < 1.29 is 13.2 Å². The topological polar surface area (TPSA) is 81.1 Å². The summed E-state index contributed by atoms with van der Waals surface area (Å²) in [4.78, 5) is 12.3. The molecule has 7 heteroatoms. The fraction of sp³-hybridized carbons (Fsp3) is 0.524. The summed E-state index contributed by atoms with van der Waals surface area (Å²) in [6.07, 6.45) is 4.78. The van der Waals surface area contributed by atoms with Crippen molar-refractivity contribution in [3.63, 3.8) is 0 Å². The zero-order valence-electron chi connectivity index (χ0n) is 16.8. The summed E-state index contributed by atoms with van der Waals surface area (Å²) >= 11 is 0. The van der Waals surface area contributed by atoms with E-state index >= 15 is 0 Å². The van der Waals surface area contributed by atoms with Gasteiger partial charge in [-0.3, -0.25) is 4.79 Å². The van der Waals surface area contributed by atoms with Gasteiger partial charge in [-0.1, -0.05) is 57.9 Å². The summed E-state index contributed by atoms with van der Waals surface area (Å²) in [6, 6.07) is 10.00. The maximum atomic E-state index is 12.4. The molecule has 152 valence electrons. The second-order valence-electron chi connectivity index (χ2n) is 8.58. The molecular formula is C21H29N3O3S. The van der Waals surface area contributed by atoms with E-state index in [0.29, 0.717) is 25.2 Å². The predicted molar refractivity (Wildman–Crippen MR) is 111 cm³/mol. The molecule has 1 aromatic heterocycles. The number of anilines is 1.